The maximum atomic E-state index is 13.3. The molecule has 2 rings (SSSR count). The number of benzene rings is 1. The zero-order chi connectivity index (χ0) is 10.8. The summed E-state index contributed by atoms with van der Waals surface area (Å²) in [5, 5.41) is 6.85. The van der Waals surface area contributed by atoms with Gasteiger partial charge in [-0.25, -0.2) is 13.8 Å². The summed E-state index contributed by atoms with van der Waals surface area (Å²) in [6.07, 6.45) is 1.25. The third kappa shape index (κ3) is 2.07. The second-order valence-corrected chi connectivity index (χ2v) is 3.07. The fourth-order valence-electron chi connectivity index (χ4n) is 1.11. The van der Waals surface area contributed by atoms with Gasteiger partial charge in [-0.15, -0.1) is 5.10 Å². The van der Waals surface area contributed by atoms with E-state index in [-0.39, 0.29) is 16.5 Å². The van der Waals surface area contributed by atoms with Gasteiger partial charge in [-0.3, -0.25) is 0 Å². The van der Waals surface area contributed by atoms with Crippen LogP contribution in [0.3, 0.4) is 0 Å². The Labute approximate surface area is 88.8 Å². The van der Waals surface area contributed by atoms with Gasteiger partial charge in [-0.05, 0) is 23.7 Å². The third-order valence-corrected chi connectivity index (χ3v) is 1.90. The molecular weight excluding hydrogens is 224 g/mol. The van der Waals surface area contributed by atoms with E-state index < -0.39 is 11.6 Å². The summed E-state index contributed by atoms with van der Waals surface area (Å²) < 4.78 is 25.9. The van der Waals surface area contributed by atoms with Crippen LogP contribution in [-0.4, -0.2) is 15.2 Å². The highest BCUT2D eigenvalue weighted by Gasteiger charge is 2.08. The summed E-state index contributed by atoms with van der Waals surface area (Å²) in [7, 11) is 0. The Hall–Kier alpha value is -1.62. The van der Waals surface area contributed by atoms with E-state index in [2.05, 4.69) is 15.2 Å². The Bertz CT molecular complexity index is 504. The first kappa shape index (κ1) is 9.92. The van der Waals surface area contributed by atoms with Crippen LogP contribution in [0.2, 0.25) is 5.28 Å². The molecule has 0 bridgehead atoms. The van der Waals surface area contributed by atoms with Crippen LogP contribution in [0.25, 0.3) is 11.3 Å². The van der Waals surface area contributed by atoms with E-state index in [0.29, 0.717) is 0 Å². The molecule has 6 heteroatoms. The lowest BCUT2D eigenvalue weighted by molar-refractivity contribution is 0.585. The van der Waals surface area contributed by atoms with Crippen molar-refractivity contribution in [3.63, 3.8) is 0 Å². The zero-order valence-corrected chi connectivity index (χ0v) is 8.04. The molecule has 0 unspecified atom stereocenters. The van der Waals surface area contributed by atoms with Crippen LogP contribution in [0.4, 0.5) is 8.78 Å². The first-order valence-corrected chi connectivity index (χ1v) is 4.35. The summed E-state index contributed by atoms with van der Waals surface area (Å²) in [5.74, 6) is -1.36. The molecule has 76 valence electrons. The highest BCUT2D eigenvalue weighted by atomic mass is 35.5. The molecule has 0 saturated heterocycles. The first-order chi connectivity index (χ1) is 7.16. The van der Waals surface area contributed by atoms with Crippen LogP contribution in [0.1, 0.15) is 0 Å². The molecule has 0 atom stereocenters. The van der Waals surface area contributed by atoms with Gasteiger partial charge in [-0.2, -0.15) is 5.10 Å². The second kappa shape index (κ2) is 3.86. The number of hydrogen-bond donors (Lipinski definition) is 0. The smallest absolute Gasteiger partial charge is 0.215 e. The Morgan fingerprint density at radius 3 is 2.67 bits per heavy atom. The van der Waals surface area contributed by atoms with Crippen LogP contribution < -0.4 is 0 Å². The van der Waals surface area contributed by atoms with Crippen LogP contribution in [0, 0.1) is 11.6 Å². The quantitative estimate of drug-likeness (QED) is 0.751. The maximum absolute atomic E-state index is 13.3. The second-order valence-electron chi connectivity index (χ2n) is 2.73. The predicted octanol–water partition coefficient (Wildman–Crippen LogP) is 2.47. The molecule has 0 aliphatic carbocycles. The van der Waals surface area contributed by atoms with Crippen molar-refractivity contribution in [2.75, 3.05) is 0 Å². The van der Waals surface area contributed by atoms with E-state index in [1.807, 2.05) is 0 Å². The monoisotopic (exact) mass is 227 g/mol. The molecule has 15 heavy (non-hydrogen) atoms. The van der Waals surface area contributed by atoms with Gasteiger partial charge in [0.2, 0.25) is 5.28 Å². The summed E-state index contributed by atoms with van der Waals surface area (Å²) >= 11 is 5.50. The van der Waals surface area contributed by atoms with Crippen molar-refractivity contribution in [1.82, 2.24) is 15.2 Å². The normalized spacial score (nSPS) is 10.3. The van der Waals surface area contributed by atoms with Crippen molar-refractivity contribution < 1.29 is 8.78 Å². The third-order valence-electron chi connectivity index (χ3n) is 1.74. The maximum Gasteiger partial charge on any atom is 0.243 e. The largest absolute Gasteiger partial charge is 0.243 e. The van der Waals surface area contributed by atoms with Crippen LogP contribution in [0.5, 0.6) is 0 Å². The Morgan fingerprint density at radius 2 is 2.00 bits per heavy atom. The lowest BCUT2D eigenvalue weighted by Crippen LogP contribution is -1.93. The molecule has 0 aliphatic rings. The van der Waals surface area contributed by atoms with Gasteiger partial charge < -0.3 is 0 Å². The minimum Gasteiger partial charge on any atom is -0.215 e. The molecular formula is C9H4ClF2N3. The molecule has 1 heterocycles. The number of nitrogens with zero attached hydrogens (tertiary/aromatic N) is 3. The SMILES string of the molecule is Fc1ccc(-c2cnnc(Cl)n2)c(F)c1. The van der Waals surface area contributed by atoms with E-state index in [9.17, 15) is 8.78 Å². The Morgan fingerprint density at radius 1 is 1.20 bits per heavy atom. The summed E-state index contributed by atoms with van der Waals surface area (Å²) in [6, 6.07) is 3.17. The summed E-state index contributed by atoms with van der Waals surface area (Å²) in [4.78, 5) is 3.76. The van der Waals surface area contributed by atoms with Crippen molar-refractivity contribution in [3.05, 3.63) is 41.3 Å². The van der Waals surface area contributed by atoms with E-state index in [4.69, 9.17) is 11.6 Å². The Kier molecular flexibility index (Phi) is 2.55. The Balaban J connectivity index is 2.54. The zero-order valence-electron chi connectivity index (χ0n) is 7.28. The number of rotatable bonds is 1. The predicted molar refractivity (Wildman–Crippen MR) is 50.2 cm³/mol. The molecule has 1 aromatic carbocycles. The van der Waals surface area contributed by atoms with E-state index in [0.717, 1.165) is 12.1 Å². The minimum absolute atomic E-state index is 0.0868. The van der Waals surface area contributed by atoms with Crippen molar-refractivity contribution >= 4 is 11.6 Å². The molecule has 0 N–H and O–H groups in total. The fourth-order valence-corrected chi connectivity index (χ4v) is 1.24. The lowest BCUT2D eigenvalue weighted by atomic mass is 10.1. The molecule has 0 aliphatic heterocycles. The molecule has 1 aromatic heterocycles. The average Bonchev–Trinajstić information content (AvgIpc) is 2.17. The van der Waals surface area contributed by atoms with Crippen molar-refractivity contribution in [2.24, 2.45) is 0 Å². The average molecular weight is 228 g/mol. The standard InChI is InChI=1S/C9H4ClF2N3/c10-9-14-8(4-13-15-9)6-2-1-5(11)3-7(6)12/h1-4H. The van der Waals surface area contributed by atoms with Crippen LogP contribution in [0.15, 0.2) is 24.4 Å². The molecule has 0 saturated carbocycles. The van der Waals surface area contributed by atoms with Gasteiger partial charge >= 0.3 is 0 Å². The highest BCUT2D eigenvalue weighted by Crippen LogP contribution is 2.21. The molecule has 2 aromatic rings. The number of aromatic nitrogens is 3. The summed E-state index contributed by atoms with van der Waals surface area (Å²) in [5.41, 5.74) is 0.348. The van der Waals surface area contributed by atoms with Gasteiger partial charge in [0.15, 0.2) is 0 Å². The number of hydrogen-bond acceptors (Lipinski definition) is 3. The minimum atomic E-state index is -0.716. The first-order valence-electron chi connectivity index (χ1n) is 3.97. The molecule has 0 fully saturated rings. The van der Waals surface area contributed by atoms with Gasteiger partial charge in [0.25, 0.3) is 0 Å². The van der Waals surface area contributed by atoms with Gasteiger partial charge in [0, 0.05) is 11.6 Å². The molecule has 3 nitrogen and oxygen atoms in total. The topological polar surface area (TPSA) is 38.7 Å². The number of halogens is 3. The van der Waals surface area contributed by atoms with E-state index in [1.165, 1.54) is 12.3 Å². The van der Waals surface area contributed by atoms with Gasteiger partial charge in [0.1, 0.15) is 11.6 Å². The fraction of sp³-hybridized carbons (Fsp3) is 0. The molecule has 0 radical (unpaired) electrons. The van der Waals surface area contributed by atoms with Crippen molar-refractivity contribution in [1.29, 1.82) is 0 Å². The van der Waals surface area contributed by atoms with Crippen molar-refractivity contribution in [2.45, 2.75) is 0 Å². The van der Waals surface area contributed by atoms with Crippen LogP contribution >= 0.6 is 11.6 Å². The van der Waals surface area contributed by atoms with Crippen molar-refractivity contribution in [3.8, 4) is 11.3 Å². The summed E-state index contributed by atoms with van der Waals surface area (Å²) in [6.45, 7) is 0. The van der Waals surface area contributed by atoms with E-state index >= 15 is 0 Å². The van der Waals surface area contributed by atoms with Gasteiger partial charge in [0.05, 0.1) is 11.9 Å². The van der Waals surface area contributed by atoms with Crippen LogP contribution in [-0.2, 0) is 0 Å². The molecule has 0 amide bonds. The molecule has 0 spiro atoms. The highest BCUT2D eigenvalue weighted by molar-refractivity contribution is 6.28. The van der Waals surface area contributed by atoms with E-state index in [1.54, 1.807) is 0 Å². The van der Waals surface area contributed by atoms with Gasteiger partial charge in [-0.1, -0.05) is 0 Å². The lowest BCUT2D eigenvalue weighted by Gasteiger charge is -2.01.